The third-order valence-electron chi connectivity index (χ3n) is 23.3. The fourth-order valence-corrected chi connectivity index (χ4v) is 17.5. The van der Waals surface area contributed by atoms with E-state index in [0.29, 0.717) is 44.9 Å². The fourth-order valence-electron chi connectivity index (χ4n) is 17.5. The van der Waals surface area contributed by atoms with E-state index in [2.05, 4.69) is 40.7 Å². The minimum atomic E-state index is -1.92. The van der Waals surface area contributed by atoms with Crippen molar-refractivity contribution in [2.24, 2.45) is 50.2 Å². The molecule has 5 heterocycles. The van der Waals surface area contributed by atoms with Crippen molar-refractivity contribution in [3.05, 3.63) is 11.6 Å². The molecule has 0 radical (unpaired) electrons. The number of esters is 1. The van der Waals surface area contributed by atoms with E-state index >= 15 is 4.79 Å². The highest BCUT2D eigenvalue weighted by molar-refractivity contribution is 5.79. The molecule has 4 saturated carbocycles. The van der Waals surface area contributed by atoms with Gasteiger partial charge in [-0.05, 0) is 104 Å². The zero-order valence-electron chi connectivity index (χ0n) is 50.2. The molecule has 86 heavy (non-hydrogen) atoms. The van der Waals surface area contributed by atoms with Crippen molar-refractivity contribution in [1.29, 1.82) is 0 Å². The van der Waals surface area contributed by atoms with Crippen LogP contribution in [0.1, 0.15) is 113 Å². The second-order valence-corrected chi connectivity index (χ2v) is 28.6. The second kappa shape index (κ2) is 24.6. The third kappa shape index (κ3) is 11.0. The van der Waals surface area contributed by atoms with E-state index in [1.54, 1.807) is 0 Å². The summed E-state index contributed by atoms with van der Waals surface area (Å²) in [4.78, 5) is 15.2. The molecule has 27 nitrogen and oxygen atoms in total. The molecule has 5 aliphatic carbocycles. The summed E-state index contributed by atoms with van der Waals surface area (Å²) in [5.41, 5.74) is -2.69. The summed E-state index contributed by atoms with van der Waals surface area (Å²) in [5, 5.41) is 173. The van der Waals surface area contributed by atoms with Crippen LogP contribution in [0, 0.1) is 50.2 Å². The summed E-state index contributed by atoms with van der Waals surface area (Å²) in [5.74, 6) is -1.30. The number of aliphatic hydroxyl groups excluding tert-OH is 16. The van der Waals surface area contributed by atoms with Crippen molar-refractivity contribution in [1.82, 2.24) is 0 Å². The molecule has 33 atom stereocenters. The fraction of sp³-hybridized carbons (Fsp3) is 0.949. The van der Waals surface area contributed by atoms with Crippen molar-refractivity contribution in [2.75, 3.05) is 26.4 Å². The average molecular weight is 1240 g/mol. The number of carbonyl (C=O) groups excluding carboxylic acids is 1. The smallest absolute Gasteiger partial charge is 0.315 e. The largest absolute Gasteiger partial charge is 0.432 e. The number of allylic oxidation sites excluding steroid dienone is 1. The van der Waals surface area contributed by atoms with Crippen LogP contribution in [0.2, 0.25) is 0 Å². The second-order valence-electron chi connectivity index (χ2n) is 28.6. The molecule has 27 heteroatoms. The summed E-state index contributed by atoms with van der Waals surface area (Å²) in [7, 11) is 0. The molecule has 0 spiro atoms. The first-order valence-corrected chi connectivity index (χ1v) is 30.7. The summed E-state index contributed by atoms with van der Waals surface area (Å²) in [6.45, 7) is 14.2. The lowest BCUT2D eigenvalue weighted by atomic mass is 9.33. The molecule has 0 aromatic rings. The zero-order valence-corrected chi connectivity index (χ0v) is 50.2. The lowest BCUT2D eigenvalue weighted by Crippen LogP contribution is -2.67. The normalized spacial score (nSPS) is 54.5. The maximum absolute atomic E-state index is 15.2. The quantitative estimate of drug-likeness (QED) is 0.0482. The van der Waals surface area contributed by atoms with Gasteiger partial charge in [0.25, 0.3) is 0 Å². The van der Waals surface area contributed by atoms with Gasteiger partial charge >= 0.3 is 5.97 Å². The topological polar surface area (TPSA) is 433 Å². The Bertz CT molecular complexity index is 2400. The van der Waals surface area contributed by atoms with Crippen molar-refractivity contribution >= 4 is 5.97 Å². The number of hydrogen-bond donors (Lipinski definition) is 16. The lowest BCUT2D eigenvalue weighted by molar-refractivity contribution is -0.382. The van der Waals surface area contributed by atoms with E-state index in [9.17, 15) is 81.7 Å². The Hall–Kier alpha value is -1.79. The van der Waals surface area contributed by atoms with Crippen molar-refractivity contribution in [3.8, 4) is 0 Å². The van der Waals surface area contributed by atoms with Crippen LogP contribution in [0.5, 0.6) is 0 Å². The Morgan fingerprint density at radius 1 is 0.547 bits per heavy atom. The van der Waals surface area contributed by atoms with E-state index in [0.717, 1.165) is 18.4 Å². The van der Waals surface area contributed by atoms with E-state index in [4.69, 9.17) is 47.4 Å². The minimum Gasteiger partial charge on any atom is -0.432 e. The lowest BCUT2D eigenvalue weighted by Gasteiger charge is -2.71. The van der Waals surface area contributed by atoms with Gasteiger partial charge in [0.15, 0.2) is 25.2 Å². The summed E-state index contributed by atoms with van der Waals surface area (Å²) in [6.07, 6.45) is -33.2. The number of aliphatic hydroxyl groups is 16. The van der Waals surface area contributed by atoms with Crippen LogP contribution in [0.4, 0.5) is 0 Å². The molecule has 5 aliphatic heterocycles. The molecule has 0 unspecified atom stereocenters. The molecule has 0 aromatic heterocycles. The van der Waals surface area contributed by atoms with Gasteiger partial charge in [-0.3, -0.25) is 4.79 Å². The first-order valence-electron chi connectivity index (χ1n) is 30.7. The van der Waals surface area contributed by atoms with E-state index in [-0.39, 0.29) is 29.3 Å². The van der Waals surface area contributed by atoms with Crippen LogP contribution in [-0.4, -0.2) is 274 Å². The number of ether oxygens (including phenoxy) is 10. The van der Waals surface area contributed by atoms with Crippen molar-refractivity contribution < 1.29 is 134 Å². The van der Waals surface area contributed by atoms with Gasteiger partial charge < -0.3 is 129 Å². The Labute approximate surface area is 499 Å². The highest BCUT2D eigenvalue weighted by Crippen LogP contribution is 2.76. The first kappa shape index (κ1) is 67.1. The third-order valence-corrected chi connectivity index (χ3v) is 23.3. The monoisotopic (exact) mass is 1240 g/mol. The van der Waals surface area contributed by atoms with Crippen LogP contribution in [0.25, 0.3) is 0 Å². The molecule has 5 saturated heterocycles. The molecule has 0 amide bonds. The molecule has 494 valence electrons. The number of fused-ring (bicyclic) bond motifs is 7. The van der Waals surface area contributed by atoms with E-state index < -0.39 is 213 Å². The van der Waals surface area contributed by atoms with Gasteiger partial charge in [-0.1, -0.05) is 60.1 Å². The molecule has 10 aliphatic rings. The first-order chi connectivity index (χ1) is 40.2. The standard InChI is InChI=1S/C59H96O27/c1-23-33(63)45(84-49-42(72)39(69)36(66)27(20-61)81-49)44(74)51(79-23)85-46-34(64)25(62)21-77-52(46)83-31-12-13-56(6)29(55(31,4)5)11-14-58(8)30(56)10-9-24-32-47(75)54(2,3)15-17-59(32,18-16-57(24,58)7)53(76)86-50-43(73)40(70)37(67)28(82-50)22-78-48-41(71)38(68)35(65)26(19-60)80-48/h9,23,25-52,60-75H,10-22H2,1-8H3/t23-,25+,26+,27+,28+,29-,30+,31-,32+,33-,34+,35+,36+,37+,38-,39-,40-,41+,42+,43+,44+,45+,46-,47-,48+,49-,50-,51-,52-,56-,57+,58+,59-/m0/s1. The molecule has 9 fully saturated rings. The summed E-state index contributed by atoms with van der Waals surface area (Å²) < 4.78 is 59.6. The zero-order chi connectivity index (χ0) is 62.9. The molecule has 10 rings (SSSR count). The van der Waals surface area contributed by atoms with Crippen LogP contribution in [0.3, 0.4) is 0 Å². The number of carbonyl (C=O) groups is 1. The van der Waals surface area contributed by atoms with E-state index in [1.165, 1.54) is 6.92 Å². The SMILES string of the molecule is C[C@@H]1O[C@@H](O[C@@H]2[C@H](O[C@H]3CC[C@]4(C)[C@H]5CC=C6[C@@H]7[C@H](O)C(C)(C)CC[C@]7(C(=O)O[C@@H]7O[C@H](CO[C@@H]8O[C@H](CO)[C@@H](O)[C@H](O)[C@H]8O)[C@@H](O)[C@H](O)[C@H]7O)CC[C@@]6(C)[C@]5(C)CC[C@H]4C3(C)C)OC[C@@H](O)[C@H]2O)[C@H](O)[C@H](O[C@@H]2O[C@H](CO)[C@@H](O)[C@H](O)[C@H]2O)[C@H]1O. The maximum atomic E-state index is 15.2. The Balaban J connectivity index is 0.849. The van der Waals surface area contributed by atoms with Gasteiger partial charge in [0.05, 0.1) is 50.2 Å². The van der Waals surface area contributed by atoms with Crippen LogP contribution >= 0.6 is 0 Å². The number of hydrogen-bond acceptors (Lipinski definition) is 27. The van der Waals surface area contributed by atoms with E-state index in [1.807, 2.05) is 13.8 Å². The number of rotatable bonds is 13. The van der Waals surface area contributed by atoms with Crippen molar-refractivity contribution in [2.45, 2.75) is 273 Å². The predicted molar refractivity (Wildman–Crippen MR) is 289 cm³/mol. The molecular weight excluding hydrogens is 1140 g/mol. The van der Waals surface area contributed by atoms with Crippen molar-refractivity contribution in [3.63, 3.8) is 0 Å². The van der Waals surface area contributed by atoms with Gasteiger partial charge in [0.1, 0.15) is 110 Å². The van der Waals surface area contributed by atoms with Gasteiger partial charge in [0, 0.05) is 5.92 Å². The van der Waals surface area contributed by atoms with Gasteiger partial charge in [-0.2, -0.15) is 0 Å². The Kier molecular flexibility index (Phi) is 19.2. The molecule has 0 aromatic carbocycles. The van der Waals surface area contributed by atoms with Crippen LogP contribution in [-0.2, 0) is 52.2 Å². The summed E-state index contributed by atoms with van der Waals surface area (Å²) in [6, 6.07) is 0. The molecule has 16 N–H and O–H groups in total. The van der Waals surface area contributed by atoms with Gasteiger partial charge in [-0.25, -0.2) is 0 Å². The van der Waals surface area contributed by atoms with Crippen LogP contribution in [0.15, 0.2) is 11.6 Å². The predicted octanol–water partition coefficient (Wildman–Crippen LogP) is -3.57. The van der Waals surface area contributed by atoms with Gasteiger partial charge in [0.2, 0.25) is 6.29 Å². The van der Waals surface area contributed by atoms with Crippen LogP contribution < -0.4 is 0 Å². The molecular formula is C59H96O27. The van der Waals surface area contributed by atoms with Gasteiger partial charge in [-0.15, -0.1) is 0 Å². The Morgan fingerprint density at radius 2 is 1.10 bits per heavy atom. The Morgan fingerprint density at radius 3 is 1.74 bits per heavy atom. The maximum Gasteiger partial charge on any atom is 0.315 e. The minimum absolute atomic E-state index is 0.0640. The summed E-state index contributed by atoms with van der Waals surface area (Å²) >= 11 is 0. The average Bonchev–Trinajstić information content (AvgIpc) is 0.685. The molecule has 0 bridgehead atoms. The highest BCUT2D eigenvalue weighted by atomic mass is 16.8. The highest BCUT2D eigenvalue weighted by Gasteiger charge is 2.72.